The second-order valence-corrected chi connectivity index (χ2v) is 5.31. The normalized spacial score (nSPS) is 31.6. The minimum atomic E-state index is -0.999. The summed E-state index contributed by atoms with van der Waals surface area (Å²) in [6.45, 7) is 4.33. The van der Waals surface area contributed by atoms with Gasteiger partial charge in [0.15, 0.2) is 0 Å². The Bertz CT molecular complexity index is 265. The summed E-state index contributed by atoms with van der Waals surface area (Å²) >= 11 is 0. The average Bonchev–Trinajstić information content (AvgIpc) is 2.35. The molecule has 3 atom stereocenters. The Morgan fingerprint density at radius 2 is 2.12 bits per heavy atom. The monoisotopic (exact) mass is 241 g/mol. The van der Waals surface area contributed by atoms with Gasteiger partial charge in [0.2, 0.25) is 0 Å². The van der Waals surface area contributed by atoms with Gasteiger partial charge < -0.3 is 9.84 Å². The smallest absolute Gasteiger partial charge is 0.334 e. The summed E-state index contributed by atoms with van der Waals surface area (Å²) in [4.78, 5) is 13.8. The number of ether oxygens (including phenoxy) is 1. The quantitative estimate of drug-likeness (QED) is 0.754. The molecule has 0 aromatic rings. The van der Waals surface area contributed by atoms with Crippen molar-refractivity contribution >= 4 is 5.97 Å². The number of nitrogens with zero attached hydrogens (tertiary/aromatic N) is 1. The minimum Gasteiger partial charge on any atom is -0.463 e. The largest absolute Gasteiger partial charge is 0.463 e. The Morgan fingerprint density at radius 3 is 2.88 bits per heavy atom. The predicted molar refractivity (Wildman–Crippen MR) is 64.6 cm³/mol. The number of fused-ring (bicyclic) bond motifs is 1. The first kappa shape index (κ1) is 12.8. The lowest BCUT2D eigenvalue weighted by Gasteiger charge is -2.44. The van der Waals surface area contributed by atoms with Gasteiger partial charge in [-0.2, -0.15) is 0 Å². The molecular weight excluding hydrogens is 218 g/mol. The first-order valence-corrected chi connectivity index (χ1v) is 6.77. The van der Waals surface area contributed by atoms with Crippen LogP contribution in [0.15, 0.2) is 0 Å². The van der Waals surface area contributed by atoms with E-state index in [1.807, 2.05) is 0 Å². The van der Waals surface area contributed by atoms with Crippen LogP contribution in [0.5, 0.6) is 0 Å². The topological polar surface area (TPSA) is 49.8 Å². The van der Waals surface area contributed by atoms with E-state index in [1.165, 1.54) is 45.7 Å². The summed E-state index contributed by atoms with van der Waals surface area (Å²) in [6.07, 6.45) is 5.18. The van der Waals surface area contributed by atoms with Crippen molar-refractivity contribution in [3.8, 4) is 0 Å². The molecule has 0 unspecified atom stereocenters. The molecule has 1 N–H and O–H groups in total. The lowest BCUT2D eigenvalue weighted by atomic mass is 9.84. The van der Waals surface area contributed by atoms with Gasteiger partial charge in [-0.15, -0.1) is 0 Å². The highest BCUT2D eigenvalue weighted by Gasteiger charge is 2.33. The van der Waals surface area contributed by atoms with Gasteiger partial charge in [-0.05, 0) is 45.7 Å². The lowest BCUT2D eigenvalue weighted by Crippen LogP contribution is -2.49. The number of carbonyl (C=O) groups is 1. The van der Waals surface area contributed by atoms with Crippen LogP contribution in [0.25, 0.3) is 0 Å². The third-order valence-electron chi connectivity index (χ3n) is 4.01. The molecule has 4 nitrogen and oxygen atoms in total. The molecule has 2 fully saturated rings. The molecule has 2 saturated heterocycles. The highest BCUT2D eigenvalue weighted by Crippen LogP contribution is 2.30. The molecule has 2 heterocycles. The van der Waals surface area contributed by atoms with E-state index in [0.717, 1.165) is 6.42 Å². The number of hydrogen-bond acceptors (Lipinski definition) is 4. The molecule has 0 aliphatic carbocycles. The van der Waals surface area contributed by atoms with Crippen molar-refractivity contribution in [1.29, 1.82) is 0 Å². The van der Waals surface area contributed by atoms with Crippen LogP contribution < -0.4 is 0 Å². The van der Waals surface area contributed by atoms with Crippen LogP contribution in [0, 0.1) is 5.92 Å². The fraction of sp³-hybridized carbons (Fsp3) is 0.923. The molecule has 0 radical (unpaired) electrons. The Balaban J connectivity index is 1.84. The summed E-state index contributed by atoms with van der Waals surface area (Å²) in [6, 6.07) is 0.597. The van der Waals surface area contributed by atoms with E-state index >= 15 is 0 Å². The molecule has 0 spiro atoms. The van der Waals surface area contributed by atoms with E-state index < -0.39 is 12.1 Å². The summed E-state index contributed by atoms with van der Waals surface area (Å²) in [5, 5.41) is 9.10. The number of aliphatic hydroxyl groups is 1. The molecule has 0 saturated carbocycles. The fourth-order valence-corrected chi connectivity index (χ4v) is 3.08. The van der Waals surface area contributed by atoms with Crippen LogP contribution in [-0.2, 0) is 9.53 Å². The van der Waals surface area contributed by atoms with Crippen molar-refractivity contribution in [2.24, 2.45) is 5.92 Å². The standard InChI is InChI=1S/C13H23NO3/c1-10(15)13(16)17-9-11-5-4-8-14-7-3-2-6-12(11)14/h10-12,15H,2-9H2,1H3/t10-,11+,12-/m1/s1. The molecule has 0 aromatic heterocycles. The highest BCUT2D eigenvalue weighted by molar-refractivity contribution is 5.73. The summed E-state index contributed by atoms with van der Waals surface area (Å²) in [5.74, 6) is -0.0234. The number of aliphatic hydroxyl groups excluding tert-OH is 1. The van der Waals surface area contributed by atoms with E-state index in [2.05, 4.69) is 4.90 Å². The van der Waals surface area contributed by atoms with E-state index in [-0.39, 0.29) is 0 Å². The fourth-order valence-electron chi connectivity index (χ4n) is 3.08. The predicted octanol–water partition coefficient (Wildman–Crippen LogP) is 1.17. The van der Waals surface area contributed by atoms with E-state index in [1.54, 1.807) is 0 Å². The van der Waals surface area contributed by atoms with Crippen LogP contribution >= 0.6 is 0 Å². The third kappa shape index (κ3) is 3.19. The van der Waals surface area contributed by atoms with Gasteiger partial charge in [-0.3, -0.25) is 4.90 Å². The molecule has 17 heavy (non-hydrogen) atoms. The maximum absolute atomic E-state index is 11.3. The molecule has 2 rings (SSSR count). The van der Waals surface area contributed by atoms with Crippen molar-refractivity contribution in [3.63, 3.8) is 0 Å². The SMILES string of the molecule is C[C@@H](O)C(=O)OC[C@@H]1CCCN2CCCC[C@H]12. The van der Waals surface area contributed by atoms with Crippen LogP contribution in [0.3, 0.4) is 0 Å². The van der Waals surface area contributed by atoms with Crippen molar-refractivity contribution in [2.75, 3.05) is 19.7 Å². The number of esters is 1. The second kappa shape index (κ2) is 5.83. The van der Waals surface area contributed by atoms with Crippen molar-refractivity contribution in [2.45, 2.75) is 51.2 Å². The summed E-state index contributed by atoms with van der Waals surface area (Å²) in [7, 11) is 0. The Hall–Kier alpha value is -0.610. The number of carbonyl (C=O) groups excluding carboxylic acids is 1. The van der Waals surface area contributed by atoms with Gasteiger partial charge in [-0.25, -0.2) is 4.79 Å². The van der Waals surface area contributed by atoms with Gasteiger partial charge in [0.05, 0.1) is 6.61 Å². The number of rotatable bonds is 3. The lowest BCUT2D eigenvalue weighted by molar-refractivity contribution is -0.155. The molecule has 0 bridgehead atoms. The molecule has 0 aromatic carbocycles. The summed E-state index contributed by atoms with van der Waals surface area (Å²) in [5.41, 5.74) is 0. The third-order valence-corrected chi connectivity index (χ3v) is 4.01. The first-order valence-electron chi connectivity index (χ1n) is 6.77. The first-order chi connectivity index (χ1) is 8.18. The second-order valence-electron chi connectivity index (χ2n) is 5.31. The van der Waals surface area contributed by atoms with Crippen molar-refractivity contribution < 1.29 is 14.6 Å². The Labute approximate surface area is 103 Å². The highest BCUT2D eigenvalue weighted by atomic mass is 16.5. The molecule has 4 heteroatoms. The van der Waals surface area contributed by atoms with Crippen LogP contribution in [0.4, 0.5) is 0 Å². The van der Waals surface area contributed by atoms with E-state index in [9.17, 15) is 4.79 Å². The Morgan fingerprint density at radius 1 is 1.35 bits per heavy atom. The van der Waals surface area contributed by atoms with Crippen molar-refractivity contribution in [3.05, 3.63) is 0 Å². The molecular formula is C13H23NO3. The van der Waals surface area contributed by atoms with Gasteiger partial charge in [0, 0.05) is 12.0 Å². The van der Waals surface area contributed by atoms with E-state index in [0.29, 0.717) is 18.6 Å². The van der Waals surface area contributed by atoms with Crippen LogP contribution in [0.2, 0.25) is 0 Å². The zero-order valence-corrected chi connectivity index (χ0v) is 10.6. The zero-order valence-electron chi connectivity index (χ0n) is 10.6. The van der Waals surface area contributed by atoms with Gasteiger partial charge in [0.1, 0.15) is 6.10 Å². The van der Waals surface area contributed by atoms with Crippen molar-refractivity contribution in [1.82, 2.24) is 4.90 Å². The molecule has 98 valence electrons. The number of hydrogen-bond donors (Lipinski definition) is 1. The molecule has 0 amide bonds. The average molecular weight is 241 g/mol. The van der Waals surface area contributed by atoms with E-state index in [4.69, 9.17) is 9.84 Å². The van der Waals surface area contributed by atoms with Crippen LogP contribution in [0.1, 0.15) is 39.0 Å². The summed E-state index contributed by atoms with van der Waals surface area (Å²) < 4.78 is 5.18. The number of piperidine rings is 2. The Kier molecular flexibility index (Phi) is 4.40. The molecule has 2 aliphatic rings. The van der Waals surface area contributed by atoms with Gasteiger partial charge >= 0.3 is 5.97 Å². The maximum Gasteiger partial charge on any atom is 0.334 e. The maximum atomic E-state index is 11.3. The van der Waals surface area contributed by atoms with Gasteiger partial charge in [0.25, 0.3) is 0 Å². The minimum absolute atomic E-state index is 0.465. The zero-order chi connectivity index (χ0) is 12.3. The van der Waals surface area contributed by atoms with Crippen LogP contribution in [-0.4, -0.2) is 47.8 Å². The molecule has 2 aliphatic heterocycles. The van der Waals surface area contributed by atoms with Gasteiger partial charge in [-0.1, -0.05) is 6.42 Å².